The standard InChI is InChI=1S/C28H42N2O10S2/c1-17(2)13-23(38-14-19-9-11-20(12-10-19)39-18(3)31)24(32)29-21(25(33)36-7)15-41-42-16-22(26(34)37-8)30-27(35)40-28(4,5)6/h9-12,17,21-23H,13-16H2,1-8H3,(H,29,32)(H,30,35)/t21?,22?,23-/m1/s1. The van der Waals surface area contributed by atoms with Crippen LogP contribution in [-0.2, 0) is 44.7 Å². The normalized spacial score (nSPS) is 13.4. The van der Waals surface area contributed by atoms with Gasteiger partial charge in [0.1, 0.15) is 29.5 Å². The van der Waals surface area contributed by atoms with Crippen LogP contribution in [0.25, 0.3) is 0 Å². The van der Waals surface area contributed by atoms with E-state index in [4.69, 9.17) is 23.7 Å². The predicted octanol–water partition coefficient (Wildman–Crippen LogP) is 3.65. The summed E-state index contributed by atoms with van der Waals surface area (Å²) in [6.45, 7) is 10.4. The van der Waals surface area contributed by atoms with Crippen LogP contribution in [0.15, 0.2) is 24.3 Å². The third-order valence-corrected chi connectivity index (χ3v) is 7.57. The predicted molar refractivity (Wildman–Crippen MR) is 160 cm³/mol. The highest BCUT2D eigenvalue weighted by molar-refractivity contribution is 8.76. The SMILES string of the molecule is COC(=O)C(CSSCC(NC(=O)[C@@H](CC(C)C)OCc1ccc(OC(C)=O)cc1)C(=O)OC)NC(=O)OC(C)(C)C. The summed E-state index contributed by atoms with van der Waals surface area (Å²) in [7, 11) is 4.84. The summed E-state index contributed by atoms with van der Waals surface area (Å²) in [4.78, 5) is 61.0. The minimum absolute atomic E-state index is 0.119. The van der Waals surface area contributed by atoms with E-state index < -0.39 is 53.7 Å². The van der Waals surface area contributed by atoms with Crippen LogP contribution in [0.2, 0.25) is 0 Å². The van der Waals surface area contributed by atoms with Crippen LogP contribution in [0.3, 0.4) is 0 Å². The van der Waals surface area contributed by atoms with Crippen molar-refractivity contribution < 1.29 is 47.7 Å². The van der Waals surface area contributed by atoms with Crippen LogP contribution < -0.4 is 15.4 Å². The highest BCUT2D eigenvalue weighted by atomic mass is 33.1. The van der Waals surface area contributed by atoms with Crippen molar-refractivity contribution in [1.29, 1.82) is 0 Å². The second-order valence-corrected chi connectivity index (χ2v) is 13.1. The van der Waals surface area contributed by atoms with E-state index >= 15 is 0 Å². The van der Waals surface area contributed by atoms with E-state index in [1.165, 1.54) is 42.7 Å². The van der Waals surface area contributed by atoms with Crippen molar-refractivity contribution in [2.24, 2.45) is 5.92 Å². The van der Waals surface area contributed by atoms with Crippen molar-refractivity contribution >= 4 is 51.5 Å². The number of ether oxygens (including phenoxy) is 5. The molecule has 0 aliphatic rings. The molecule has 0 aliphatic heterocycles. The Morgan fingerprint density at radius 1 is 0.857 bits per heavy atom. The van der Waals surface area contributed by atoms with Crippen molar-refractivity contribution in [3.63, 3.8) is 0 Å². The number of amides is 2. The molecule has 0 fully saturated rings. The first kappa shape index (κ1) is 37.1. The van der Waals surface area contributed by atoms with E-state index in [2.05, 4.69) is 10.6 Å². The number of carbonyl (C=O) groups is 5. The lowest BCUT2D eigenvalue weighted by Crippen LogP contribution is -2.48. The summed E-state index contributed by atoms with van der Waals surface area (Å²) < 4.78 is 25.8. The maximum absolute atomic E-state index is 13.2. The Balaban J connectivity index is 2.78. The summed E-state index contributed by atoms with van der Waals surface area (Å²) in [5, 5.41) is 5.19. The number of carbonyl (C=O) groups excluding carboxylic acids is 5. The van der Waals surface area contributed by atoms with Gasteiger partial charge in [0.2, 0.25) is 5.91 Å². The Morgan fingerprint density at radius 3 is 1.83 bits per heavy atom. The molecule has 0 aliphatic carbocycles. The van der Waals surface area contributed by atoms with Gasteiger partial charge in [-0.3, -0.25) is 9.59 Å². The van der Waals surface area contributed by atoms with Gasteiger partial charge in [0.25, 0.3) is 0 Å². The van der Waals surface area contributed by atoms with Crippen molar-refractivity contribution in [3.05, 3.63) is 29.8 Å². The number of esters is 3. The lowest BCUT2D eigenvalue weighted by molar-refractivity contribution is -0.146. The molecular formula is C28H42N2O10S2. The fourth-order valence-corrected chi connectivity index (χ4v) is 5.56. The van der Waals surface area contributed by atoms with E-state index in [1.54, 1.807) is 45.0 Å². The van der Waals surface area contributed by atoms with Crippen molar-refractivity contribution in [2.45, 2.75) is 78.4 Å². The molecule has 42 heavy (non-hydrogen) atoms. The molecule has 14 heteroatoms. The highest BCUT2D eigenvalue weighted by Crippen LogP contribution is 2.24. The quantitative estimate of drug-likeness (QED) is 0.0900. The molecule has 0 radical (unpaired) electrons. The molecule has 0 aromatic heterocycles. The number of methoxy groups -OCH3 is 2. The topological polar surface area (TPSA) is 156 Å². The first-order valence-corrected chi connectivity index (χ1v) is 15.7. The molecule has 236 valence electrons. The van der Waals surface area contributed by atoms with Gasteiger partial charge in [-0.1, -0.05) is 47.6 Å². The molecule has 0 heterocycles. The van der Waals surface area contributed by atoms with E-state index in [0.717, 1.165) is 5.56 Å². The molecular weight excluding hydrogens is 588 g/mol. The average molecular weight is 631 g/mol. The number of benzene rings is 1. The van der Waals surface area contributed by atoms with Crippen LogP contribution in [0.1, 0.15) is 53.5 Å². The van der Waals surface area contributed by atoms with Gasteiger partial charge in [-0.25, -0.2) is 14.4 Å². The fraction of sp³-hybridized carbons (Fsp3) is 0.607. The summed E-state index contributed by atoms with van der Waals surface area (Å²) in [6.07, 6.45) is -1.20. The zero-order valence-electron chi connectivity index (χ0n) is 25.3. The number of nitrogens with one attached hydrogen (secondary N) is 2. The summed E-state index contributed by atoms with van der Waals surface area (Å²) in [5.41, 5.74) is 0.0232. The van der Waals surface area contributed by atoms with Gasteiger partial charge in [-0.2, -0.15) is 0 Å². The van der Waals surface area contributed by atoms with Gasteiger partial charge in [0, 0.05) is 18.4 Å². The summed E-state index contributed by atoms with van der Waals surface area (Å²) >= 11 is 0. The minimum Gasteiger partial charge on any atom is -0.467 e. The molecule has 1 rings (SSSR count). The largest absolute Gasteiger partial charge is 0.467 e. The Kier molecular flexibility index (Phi) is 16.4. The number of rotatable bonds is 16. The Morgan fingerprint density at radius 2 is 1.38 bits per heavy atom. The highest BCUT2D eigenvalue weighted by Gasteiger charge is 2.29. The Labute approximate surface area is 255 Å². The fourth-order valence-electron chi connectivity index (χ4n) is 3.26. The van der Waals surface area contributed by atoms with Crippen LogP contribution in [0.4, 0.5) is 4.79 Å². The van der Waals surface area contributed by atoms with Crippen molar-refractivity contribution in [1.82, 2.24) is 10.6 Å². The third kappa shape index (κ3) is 15.3. The lowest BCUT2D eigenvalue weighted by atomic mass is 10.0. The molecule has 0 saturated carbocycles. The molecule has 0 saturated heterocycles. The van der Waals surface area contributed by atoms with Gasteiger partial charge in [0.05, 0.1) is 20.8 Å². The van der Waals surface area contributed by atoms with E-state index in [0.29, 0.717) is 12.2 Å². The molecule has 3 atom stereocenters. The molecule has 12 nitrogen and oxygen atoms in total. The van der Waals surface area contributed by atoms with Crippen molar-refractivity contribution in [3.8, 4) is 5.75 Å². The molecule has 1 aromatic carbocycles. The second kappa shape index (κ2) is 18.5. The number of hydrogen-bond donors (Lipinski definition) is 2. The summed E-state index contributed by atoms with van der Waals surface area (Å²) in [6, 6.07) is 4.75. The molecule has 0 bridgehead atoms. The first-order chi connectivity index (χ1) is 19.6. The number of alkyl carbamates (subject to hydrolysis) is 1. The minimum atomic E-state index is -0.989. The average Bonchev–Trinajstić information content (AvgIpc) is 2.90. The van der Waals surface area contributed by atoms with Crippen LogP contribution >= 0.6 is 21.6 Å². The molecule has 2 N–H and O–H groups in total. The van der Waals surface area contributed by atoms with Crippen LogP contribution in [0.5, 0.6) is 5.75 Å². The van der Waals surface area contributed by atoms with Gasteiger partial charge in [0.15, 0.2) is 0 Å². The zero-order valence-corrected chi connectivity index (χ0v) is 27.0. The van der Waals surface area contributed by atoms with E-state index in [-0.39, 0.29) is 24.0 Å². The van der Waals surface area contributed by atoms with Gasteiger partial charge in [-0.15, -0.1) is 0 Å². The summed E-state index contributed by atoms with van der Waals surface area (Å²) in [5.74, 6) is -1.42. The smallest absolute Gasteiger partial charge is 0.408 e. The molecule has 0 spiro atoms. The molecule has 1 aromatic rings. The van der Waals surface area contributed by atoms with Crippen molar-refractivity contribution in [2.75, 3.05) is 25.7 Å². The maximum Gasteiger partial charge on any atom is 0.408 e. The third-order valence-electron chi connectivity index (χ3n) is 5.15. The van der Waals surface area contributed by atoms with Gasteiger partial charge in [-0.05, 0) is 50.8 Å². The molecule has 2 amide bonds. The van der Waals surface area contributed by atoms with E-state index in [9.17, 15) is 24.0 Å². The maximum atomic E-state index is 13.2. The van der Waals surface area contributed by atoms with Crippen LogP contribution in [0, 0.1) is 5.92 Å². The second-order valence-electron chi connectivity index (χ2n) is 10.5. The number of hydrogen-bond acceptors (Lipinski definition) is 12. The lowest BCUT2D eigenvalue weighted by Gasteiger charge is -2.23. The van der Waals surface area contributed by atoms with Gasteiger partial charge < -0.3 is 34.3 Å². The zero-order chi connectivity index (χ0) is 31.9. The Bertz CT molecular complexity index is 1040. The monoisotopic (exact) mass is 630 g/mol. The first-order valence-electron chi connectivity index (χ1n) is 13.2. The molecule has 2 unspecified atom stereocenters. The van der Waals surface area contributed by atoms with Gasteiger partial charge >= 0.3 is 24.0 Å². The van der Waals surface area contributed by atoms with Crippen LogP contribution in [-0.4, -0.2) is 79.4 Å². The van der Waals surface area contributed by atoms with E-state index in [1.807, 2.05) is 13.8 Å². The Hall–Kier alpha value is -2.97.